The Bertz CT molecular complexity index is 1050. The van der Waals surface area contributed by atoms with Crippen molar-refractivity contribution in [3.63, 3.8) is 0 Å². The number of anilines is 1. The number of thiazole rings is 1. The van der Waals surface area contributed by atoms with Crippen LogP contribution in [-0.2, 0) is 16.8 Å². The van der Waals surface area contributed by atoms with Crippen molar-refractivity contribution in [2.75, 3.05) is 5.32 Å². The molecule has 3 rings (SSSR count). The van der Waals surface area contributed by atoms with E-state index in [2.05, 4.69) is 26.1 Å². The lowest BCUT2D eigenvalue weighted by Gasteiger charge is -2.14. The van der Waals surface area contributed by atoms with E-state index in [4.69, 9.17) is 5.10 Å². The van der Waals surface area contributed by atoms with Gasteiger partial charge in [-0.1, -0.05) is 44.2 Å². The molecule has 3 aromatic rings. The normalized spacial score (nSPS) is 11.6. The van der Waals surface area contributed by atoms with Crippen LogP contribution in [0.4, 0.5) is 5.82 Å². The number of amides is 1. The van der Waals surface area contributed by atoms with Crippen molar-refractivity contribution >= 4 is 23.1 Å². The lowest BCUT2D eigenvalue weighted by atomic mass is 9.92. The van der Waals surface area contributed by atoms with Crippen molar-refractivity contribution in [2.45, 2.75) is 53.0 Å². The number of hydrogen-bond acceptors (Lipinski definition) is 4. The molecule has 0 atom stereocenters. The monoisotopic (exact) mass is 398 g/mol. The van der Waals surface area contributed by atoms with E-state index in [0.29, 0.717) is 12.4 Å². The maximum Gasteiger partial charge on any atom is 0.307 e. The van der Waals surface area contributed by atoms with E-state index in [-0.39, 0.29) is 22.6 Å². The first-order valence-electron chi connectivity index (χ1n) is 9.27. The highest BCUT2D eigenvalue weighted by atomic mass is 32.1. The molecule has 0 aliphatic carbocycles. The van der Waals surface area contributed by atoms with Crippen molar-refractivity contribution in [2.24, 2.45) is 0 Å². The molecule has 0 aliphatic rings. The fourth-order valence-electron chi connectivity index (χ4n) is 2.89. The topological polar surface area (TPSA) is 68.9 Å². The Morgan fingerprint density at radius 1 is 1.21 bits per heavy atom. The third-order valence-corrected chi connectivity index (χ3v) is 5.41. The van der Waals surface area contributed by atoms with Gasteiger partial charge in [-0.05, 0) is 31.5 Å². The molecule has 0 saturated carbocycles. The molecule has 0 saturated heterocycles. The van der Waals surface area contributed by atoms with Gasteiger partial charge in [0.05, 0.1) is 11.4 Å². The van der Waals surface area contributed by atoms with E-state index in [1.807, 2.05) is 49.6 Å². The zero-order valence-corrected chi connectivity index (χ0v) is 17.8. The van der Waals surface area contributed by atoms with E-state index >= 15 is 0 Å². The molecule has 1 N–H and O–H groups in total. The van der Waals surface area contributed by atoms with Crippen LogP contribution in [0.15, 0.2) is 40.5 Å². The lowest BCUT2D eigenvalue weighted by molar-refractivity contribution is -0.116. The number of carbonyl (C=O) groups is 1. The summed E-state index contributed by atoms with van der Waals surface area (Å²) in [5.74, 6) is 0.488. The predicted molar refractivity (Wildman–Crippen MR) is 114 cm³/mol. The number of nitrogens with one attached hydrogen (secondary N) is 1. The minimum Gasteiger partial charge on any atom is -0.311 e. The molecule has 2 heterocycles. The molecule has 6 nitrogen and oxygen atoms in total. The Morgan fingerprint density at radius 2 is 1.96 bits per heavy atom. The second kappa shape index (κ2) is 7.75. The van der Waals surface area contributed by atoms with E-state index in [9.17, 15) is 9.59 Å². The average molecular weight is 399 g/mol. The summed E-state index contributed by atoms with van der Waals surface area (Å²) in [5.41, 5.74) is 3.65. The molecular formula is C21H26N4O2S. The molecule has 28 heavy (non-hydrogen) atoms. The van der Waals surface area contributed by atoms with Gasteiger partial charge in [0, 0.05) is 35.5 Å². The fourth-order valence-corrected chi connectivity index (χ4v) is 3.65. The highest BCUT2D eigenvalue weighted by molar-refractivity contribution is 7.07. The highest BCUT2D eigenvalue weighted by Crippen LogP contribution is 2.26. The van der Waals surface area contributed by atoms with Gasteiger partial charge in [-0.3, -0.25) is 9.59 Å². The number of carbonyl (C=O) groups excluding carboxylic acids is 1. The molecule has 7 heteroatoms. The smallest absolute Gasteiger partial charge is 0.307 e. The zero-order chi connectivity index (χ0) is 20.5. The number of hydrogen-bond donors (Lipinski definition) is 1. The number of aromatic nitrogens is 3. The number of nitrogens with zero attached hydrogens (tertiary/aromatic N) is 3. The minimum absolute atomic E-state index is 0.0369. The van der Waals surface area contributed by atoms with E-state index in [0.717, 1.165) is 34.0 Å². The van der Waals surface area contributed by atoms with Gasteiger partial charge in [0.15, 0.2) is 0 Å². The Balaban J connectivity index is 1.85. The number of aryl methyl sites for hydroxylation is 2. The van der Waals surface area contributed by atoms with Crippen molar-refractivity contribution in [1.29, 1.82) is 0 Å². The van der Waals surface area contributed by atoms with Crippen molar-refractivity contribution < 1.29 is 4.79 Å². The van der Waals surface area contributed by atoms with Crippen LogP contribution in [0.5, 0.6) is 0 Å². The van der Waals surface area contributed by atoms with Crippen LogP contribution in [0, 0.1) is 13.8 Å². The number of rotatable bonds is 5. The zero-order valence-electron chi connectivity index (χ0n) is 16.9. The van der Waals surface area contributed by atoms with Crippen LogP contribution >= 0.6 is 11.3 Å². The summed E-state index contributed by atoms with van der Waals surface area (Å²) < 4.78 is 3.40. The van der Waals surface area contributed by atoms with Gasteiger partial charge in [-0.15, -0.1) is 0 Å². The van der Waals surface area contributed by atoms with E-state index < -0.39 is 0 Å². The molecule has 0 bridgehead atoms. The highest BCUT2D eigenvalue weighted by Gasteiger charge is 2.21. The molecule has 1 aromatic carbocycles. The summed E-state index contributed by atoms with van der Waals surface area (Å²) >= 11 is 1.16. The van der Waals surface area contributed by atoms with Crippen molar-refractivity contribution in [1.82, 2.24) is 14.3 Å². The van der Waals surface area contributed by atoms with Crippen LogP contribution in [0.2, 0.25) is 0 Å². The molecule has 0 spiro atoms. The number of benzene rings is 1. The van der Waals surface area contributed by atoms with Crippen LogP contribution in [0.1, 0.15) is 44.1 Å². The van der Waals surface area contributed by atoms with Crippen molar-refractivity contribution in [3.8, 4) is 5.69 Å². The molecule has 0 radical (unpaired) electrons. The van der Waals surface area contributed by atoms with Crippen LogP contribution in [0.25, 0.3) is 5.69 Å². The second-order valence-electron chi connectivity index (χ2n) is 8.01. The van der Waals surface area contributed by atoms with Crippen LogP contribution in [0.3, 0.4) is 0 Å². The van der Waals surface area contributed by atoms with Gasteiger partial charge in [-0.2, -0.15) is 5.10 Å². The van der Waals surface area contributed by atoms with Crippen LogP contribution in [-0.4, -0.2) is 20.3 Å². The Hall–Kier alpha value is -2.67. The summed E-state index contributed by atoms with van der Waals surface area (Å²) in [4.78, 5) is 24.4. The van der Waals surface area contributed by atoms with Gasteiger partial charge in [0.2, 0.25) is 5.91 Å². The minimum atomic E-state index is -0.147. The summed E-state index contributed by atoms with van der Waals surface area (Å²) in [5, 5.41) is 9.51. The average Bonchev–Trinajstić information content (AvgIpc) is 3.17. The fraction of sp³-hybridized carbons (Fsp3) is 0.381. The van der Waals surface area contributed by atoms with Gasteiger partial charge >= 0.3 is 4.87 Å². The maximum atomic E-state index is 12.6. The summed E-state index contributed by atoms with van der Waals surface area (Å²) in [6.07, 6.45) is 0.224. The largest absolute Gasteiger partial charge is 0.311 e. The van der Waals surface area contributed by atoms with Gasteiger partial charge in [-0.25, -0.2) is 4.68 Å². The SMILES string of the molecule is Cc1cccc(-n2nc(C(C)(C)C)cc2NC(=O)CCn2c(C)csc2=O)c1. The predicted octanol–water partition coefficient (Wildman–Crippen LogP) is 4.04. The molecule has 2 aromatic heterocycles. The molecule has 0 unspecified atom stereocenters. The second-order valence-corrected chi connectivity index (χ2v) is 8.83. The van der Waals surface area contributed by atoms with Crippen molar-refractivity contribution in [3.05, 3.63) is 62.3 Å². The van der Waals surface area contributed by atoms with E-state index in [1.54, 1.807) is 9.25 Å². The maximum absolute atomic E-state index is 12.6. The Labute approximate surface area is 168 Å². The Morgan fingerprint density at radius 3 is 2.57 bits per heavy atom. The quantitative estimate of drug-likeness (QED) is 0.705. The standard InChI is InChI=1S/C21H26N4O2S/c1-14-7-6-8-16(11-14)25-18(12-17(23-25)21(3,4)5)22-19(26)9-10-24-15(2)13-28-20(24)27/h6-8,11-13H,9-10H2,1-5H3,(H,22,26). The van der Waals surface area contributed by atoms with Gasteiger partial charge < -0.3 is 9.88 Å². The summed E-state index contributed by atoms with van der Waals surface area (Å²) in [7, 11) is 0. The molecule has 0 fully saturated rings. The lowest BCUT2D eigenvalue weighted by Crippen LogP contribution is -2.21. The first-order chi connectivity index (χ1) is 13.1. The summed E-state index contributed by atoms with van der Waals surface area (Å²) in [6.45, 7) is 10.5. The van der Waals surface area contributed by atoms with E-state index in [1.165, 1.54) is 0 Å². The molecule has 1 amide bonds. The first-order valence-corrected chi connectivity index (χ1v) is 10.2. The third kappa shape index (κ3) is 4.42. The third-order valence-electron chi connectivity index (χ3n) is 4.53. The first kappa shape index (κ1) is 20.1. The molecule has 148 valence electrons. The van der Waals surface area contributed by atoms with Gasteiger partial charge in [0.25, 0.3) is 0 Å². The summed E-state index contributed by atoms with van der Waals surface area (Å²) in [6, 6.07) is 9.92. The molecular weight excluding hydrogens is 372 g/mol. The van der Waals surface area contributed by atoms with Gasteiger partial charge in [0.1, 0.15) is 5.82 Å². The molecule has 0 aliphatic heterocycles. The Kier molecular flexibility index (Phi) is 5.56. The van der Waals surface area contributed by atoms with Crippen LogP contribution < -0.4 is 10.2 Å².